The first-order valence-electron chi connectivity index (χ1n) is 5.25. The predicted octanol–water partition coefficient (Wildman–Crippen LogP) is 1.53. The maximum Gasteiger partial charge on any atom is 0.333 e. The molecule has 0 saturated carbocycles. The van der Waals surface area contributed by atoms with E-state index >= 15 is 0 Å². The molecule has 0 spiro atoms. The van der Waals surface area contributed by atoms with Crippen molar-refractivity contribution < 1.29 is 24.5 Å². The highest BCUT2D eigenvalue weighted by molar-refractivity contribution is 5.87. The lowest BCUT2D eigenvalue weighted by Gasteiger charge is -2.02. The molecule has 0 unspecified atom stereocenters. The van der Waals surface area contributed by atoms with Gasteiger partial charge in [0.2, 0.25) is 0 Å². The molecule has 2 N–H and O–H groups in total. The van der Waals surface area contributed by atoms with Crippen LogP contribution in [0.3, 0.4) is 0 Å². The Kier molecular flexibility index (Phi) is 13.0. The number of esters is 1. The highest BCUT2D eigenvalue weighted by atomic mass is 16.5. The van der Waals surface area contributed by atoms with Gasteiger partial charge in [0.1, 0.15) is 0 Å². The molecular formula is C12H20O5. The first kappa shape index (κ1) is 17.8. The lowest BCUT2D eigenvalue weighted by molar-refractivity contribution is -0.139. The summed E-state index contributed by atoms with van der Waals surface area (Å²) < 4.78 is 4.88. The number of ether oxygens (including phenoxy) is 1. The number of carboxylic acids is 1. The molecule has 98 valence electrons. The van der Waals surface area contributed by atoms with E-state index in [-0.39, 0.29) is 12.6 Å². The average Bonchev–Trinajstić information content (AvgIpc) is 2.33. The standard InChI is InChI=1S/C9H16O3.C3H4O2/c1-3-8(2)9(11)12-7-5-4-6-10;1-2-3(4)5/h3,10H,4-7H2,1-2H3;2H,1H2,(H,4,5). The van der Waals surface area contributed by atoms with Crippen LogP contribution in [0.4, 0.5) is 0 Å². The molecule has 0 bridgehead atoms. The summed E-state index contributed by atoms with van der Waals surface area (Å²) >= 11 is 0. The second-order valence-corrected chi connectivity index (χ2v) is 3.08. The molecule has 0 aliphatic heterocycles. The first-order chi connectivity index (χ1) is 7.99. The van der Waals surface area contributed by atoms with Crippen molar-refractivity contribution in [3.05, 3.63) is 24.3 Å². The summed E-state index contributed by atoms with van der Waals surface area (Å²) in [7, 11) is 0. The van der Waals surface area contributed by atoms with E-state index in [1.807, 2.05) is 0 Å². The van der Waals surface area contributed by atoms with Gasteiger partial charge in [-0.25, -0.2) is 9.59 Å². The summed E-state index contributed by atoms with van der Waals surface area (Å²) in [6.07, 6.45) is 3.95. The Bertz CT molecular complexity index is 268. The molecular weight excluding hydrogens is 224 g/mol. The number of hydrogen-bond acceptors (Lipinski definition) is 4. The number of hydrogen-bond donors (Lipinski definition) is 2. The van der Waals surface area contributed by atoms with E-state index in [4.69, 9.17) is 14.9 Å². The van der Waals surface area contributed by atoms with Crippen molar-refractivity contribution in [1.82, 2.24) is 0 Å². The Hall–Kier alpha value is -1.62. The van der Waals surface area contributed by atoms with Crippen LogP contribution in [0.25, 0.3) is 0 Å². The van der Waals surface area contributed by atoms with Crippen molar-refractivity contribution in [3.63, 3.8) is 0 Å². The zero-order chi connectivity index (χ0) is 13.7. The van der Waals surface area contributed by atoms with E-state index in [0.717, 1.165) is 12.5 Å². The Morgan fingerprint density at radius 1 is 1.35 bits per heavy atom. The van der Waals surface area contributed by atoms with Gasteiger partial charge in [-0.15, -0.1) is 0 Å². The van der Waals surface area contributed by atoms with E-state index in [1.54, 1.807) is 19.9 Å². The average molecular weight is 244 g/mol. The number of aliphatic hydroxyl groups excluding tert-OH is 1. The first-order valence-corrected chi connectivity index (χ1v) is 5.25. The smallest absolute Gasteiger partial charge is 0.333 e. The fraction of sp³-hybridized carbons (Fsp3) is 0.500. The highest BCUT2D eigenvalue weighted by Gasteiger charge is 2.02. The molecule has 17 heavy (non-hydrogen) atoms. The van der Waals surface area contributed by atoms with Crippen molar-refractivity contribution >= 4 is 11.9 Å². The molecule has 0 rings (SSSR count). The predicted molar refractivity (Wildman–Crippen MR) is 64.5 cm³/mol. The van der Waals surface area contributed by atoms with Crippen molar-refractivity contribution in [2.24, 2.45) is 0 Å². The van der Waals surface area contributed by atoms with E-state index < -0.39 is 5.97 Å². The number of rotatable bonds is 6. The Morgan fingerprint density at radius 2 is 1.88 bits per heavy atom. The van der Waals surface area contributed by atoms with Crippen molar-refractivity contribution in [2.45, 2.75) is 26.7 Å². The van der Waals surface area contributed by atoms with Gasteiger partial charge in [-0.2, -0.15) is 0 Å². The van der Waals surface area contributed by atoms with Gasteiger partial charge in [0, 0.05) is 18.3 Å². The normalized spacial score (nSPS) is 9.94. The largest absolute Gasteiger partial charge is 0.478 e. The third-order valence-electron chi connectivity index (χ3n) is 1.72. The van der Waals surface area contributed by atoms with Gasteiger partial charge in [-0.05, 0) is 26.7 Å². The number of carboxylic acid groups (broad SMARTS) is 1. The molecule has 0 heterocycles. The van der Waals surface area contributed by atoms with Gasteiger partial charge in [-0.1, -0.05) is 12.7 Å². The summed E-state index contributed by atoms with van der Waals surface area (Å²) in [6, 6.07) is 0. The quantitative estimate of drug-likeness (QED) is 0.420. The zero-order valence-corrected chi connectivity index (χ0v) is 10.3. The molecule has 0 aromatic rings. The Labute approximate surface area is 101 Å². The maximum atomic E-state index is 11.0. The van der Waals surface area contributed by atoms with Gasteiger partial charge < -0.3 is 14.9 Å². The molecule has 0 aliphatic carbocycles. The highest BCUT2D eigenvalue weighted by Crippen LogP contribution is 1.97. The van der Waals surface area contributed by atoms with Crippen molar-refractivity contribution in [3.8, 4) is 0 Å². The van der Waals surface area contributed by atoms with Crippen molar-refractivity contribution in [1.29, 1.82) is 0 Å². The fourth-order valence-corrected chi connectivity index (χ4v) is 0.610. The van der Waals surface area contributed by atoms with Crippen LogP contribution in [0.1, 0.15) is 26.7 Å². The van der Waals surface area contributed by atoms with Gasteiger partial charge in [0.15, 0.2) is 0 Å². The summed E-state index contributed by atoms with van der Waals surface area (Å²) in [5.74, 6) is -1.25. The van der Waals surface area contributed by atoms with Gasteiger partial charge in [0.05, 0.1) is 6.61 Å². The topological polar surface area (TPSA) is 83.8 Å². The molecule has 0 aromatic heterocycles. The van der Waals surface area contributed by atoms with Crippen LogP contribution < -0.4 is 0 Å². The second kappa shape index (κ2) is 12.4. The number of aliphatic carboxylic acids is 1. The lowest BCUT2D eigenvalue weighted by Crippen LogP contribution is -2.07. The summed E-state index contributed by atoms with van der Waals surface area (Å²) in [5.41, 5.74) is 0.624. The number of unbranched alkanes of at least 4 members (excludes halogenated alkanes) is 1. The molecule has 0 aromatic carbocycles. The molecule has 0 aliphatic rings. The van der Waals surface area contributed by atoms with Crippen LogP contribution in [0.2, 0.25) is 0 Å². The third-order valence-corrected chi connectivity index (χ3v) is 1.72. The van der Waals surface area contributed by atoms with E-state index in [0.29, 0.717) is 18.6 Å². The monoisotopic (exact) mass is 244 g/mol. The van der Waals surface area contributed by atoms with Gasteiger partial charge in [-0.3, -0.25) is 0 Å². The minimum atomic E-state index is -0.981. The maximum absolute atomic E-state index is 11.0. The molecule has 0 radical (unpaired) electrons. The minimum absolute atomic E-state index is 0.153. The number of carbonyl (C=O) groups excluding carboxylic acids is 1. The van der Waals surface area contributed by atoms with Crippen LogP contribution in [0, 0.1) is 0 Å². The van der Waals surface area contributed by atoms with Crippen LogP contribution in [0.15, 0.2) is 24.3 Å². The van der Waals surface area contributed by atoms with Crippen LogP contribution in [-0.2, 0) is 14.3 Å². The molecule has 5 heteroatoms. The number of aliphatic hydroxyl groups is 1. The Morgan fingerprint density at radius 3 is 2.24 bits per heavy atom. The molecule has 0 saturated heterocycles. The van der Waals surface area contributed by atoms with Crippen LogP contribution in [0.5, 0.6) is 0 Å². The van der Waals surface area contributed by atoms with E-state index in [2.05, 4.69) is 6.58 Å². The van der Waals surface area contributed by atoms with Crippen LogP contribution >= 0.6 is 0 Å². The summed E-state index contributed by atoms with van der Waals surface area (Å²) in [6.45, 7) is 7.02. The minimum Gasteiger partial charge on any atom is -0.478 e. The second-order valence-electron chi connectivity index (χ2n) is 3.08. The Balaban J connectivity index is 0. The van der Waals surface area contributed by atoms with Gasteiger partial charge in [0.25, 0.3) is 0 Å². The molecule has 0 atom stereocenters. The van der Waals surface area contributed by atoms with Crippen molar-refractivity contribution in [2.75, 3.05) is 13.2 Å². The van der Waals surface area contributed by atoms with E-state index in [9.17, 15) is 9.59 Å². The van der Waals surface area contributed by atoms with E-state index in [1.165, 1.54) is 0 Å². The van der Waals surface area contributed by atoms with Crippen LogP contribution in [-0.4, -0.2) is 35.4 Å². The lowest BCUT2D eigenvalue weighted by atomic mass is 10.3. The summed E-state index contributed by atoms with van der Waals surface area (Å²) in [5, 5.41) is 16.0. The zero-order valence-electron chi connectivity index (χ0n) is 10.3. The number of allylic oxidation sites excluding steroid dienone is 1. The SMILES string of the molecule is C=CC(=O)O.CC=C(C)C(=O)OCCCCO. The third kappa shape index (κ3) is 14.4. The molecule has 0 amide bonds. The molecule has 5 nitrogen and oxygen atoms in total. The van der Waals surface area contributed by atoms with Gasteiger partial charge >= 0.3 is 11.9 Å². The number of carbonyl (C=O) groups is 2. The summed E-state index contributed by atoms with van der Waals surface area (Å²) in [4.78, 5) is 20.2. The fourth-order valence-electron chi connectivity index (χ4n) is 0.610. The molecule has 0 fully saturated rings.